The van der Waals surface area contributed by atoms with Gasteiger partial charge in [-0.2, -0.15) is 65.9 Å². The first-order valence-electron chi connectivity index (χ1n) is 22.2. The van der Waals surface area contributed by atoms with E-state index in [1.165, 1.54) is 71.3 Å². The van der Waals surface area contributed by atoms with Gasteiger partial charge in [0.05, 0.1) is 38.9 Å². The lowest BCUT2D eigenvalue weighted by atomic mass is 9.95. The van der Waals surface area contributed by atoms with Crippen LogP contribution in [0.3, 0.4) is 0 Å². The minimum absolute atomic E-state index is 0.0297. The van der Waals surface area contributed by atoms with Crippen LogP contribution >= 0.6 is 0 Å². The molecular formula is C56H29F15N4. The van der Waals surface area contributed by atoms with Gasteiger partial charge in [0.15, 0.2) is 17.5 Å². The maximum atomic E-state index is 14.7. The first-order valence-corrected chi connectivity index (χ1v) is 22.2. The van der Waals surface area contributed by atoms with E-state index in [0.717, 1.165) is 12.1 Å². The summed E-state index contributed by atoms with van der Waals surface area (Å²) in [6, 6.07) is 35.7. The Hall–Kier alpha value is -8.48. The minimum atomic E-state index is -5.31. The Morgan fingerprint density at radius 2 is 0.667 bits per heavy atom. The molecule has 8 aromatic carbocycles. The van der Waals surface area contributed by atoms with Gasteiger partial charge in [-0.3, -0.25) is 0 Å². The Labute approximate surface area is 414 Å². The number of hydrogen-bond acceptors (Lipinski definition) is 3. The third-order valence-corrected chi connectivity index (χ3v) is 12.4. The number of hydrogen-bond donors (Lipinski definition) is 0. The van der Waals surface area contributed by atoms with Crippen molar-refractivity contribution in [3.63, 3.8) is 0 Å². The van der Waals surface area contributed by atoms with Gasteiger partial charge in [0, 0.05) is 33.2 Å². The lowest BCUT2D eigenvalue weighted by Crippen LogP contribution is -2.12. The molecule has 0 N–H and O–H groups in total. The van der Waals surface area contributed by atoms with Gasteiger partial charge in [-0.15, -0.1) is 0 Å². The molecule has 10 aromatic rings. The van der Waals surface area contributed by atoms with Crippen LogP contribution < -0.4 is 0 Å². The summed E-state index contributed by atoms with van der Waals surface area (Å²) >= 11 is 0. The van der Waals surface area contributed by atoms with E-state index in [0.29, 0.717) is 35.4 Å². The van der Waals surface area contributed by atoms with E-state index < -0.39 is 69.8 Å². The van der Waals surface area contributed by atoms with Crippen LogP contribution in [0.5, 0.6) is 0 Å². The summed E-state index contributed by atoms with van der Waals surface area (Å²) in [4.78, 5) is 14.4. The molecule has 0 aliphatic heterocycles. The highest BCUT2D eigenvalue weighted by molar-refractivity contribution is 6.11. The van der Waals surface area contributed by atoms with Gasteiger partial charge in [0.2, 0.25) is 0 Å². The predicted octanol–water partition coefficient (Wildman–Crippen LogP) is 18.1. The molecule has 19 heteroatoms. The summed E-state index contributed by atoms with van der Waals surface area (Å²) in [6.07, 6.45) is -25.6. The molecule has 0 fully saturated rings. The zero-order chi connectivity index (χ0) is 53.4. The summed E-state index contributed by atoms with van der Waals surface area (Å²) in [7, 11) is 0. The van der Waals surface area contributed by atoms with Gasteiger partial charge in [0.25, 0.3) is 0 Å². The number of rotatable bonds is 7. The fraction of sp³-hybridized carbons (Fsp3) is 0.0893. The van der Waals surface area contributed by atoms with Crippen molar-refractivity contribution in [3.8, 4) is 73.2 Å². The normalized spacial score (nSPS) is 12.7. The molecule has 2 heterocycles. The van der Waals surface area contributed by atoms with E-state index in [1.807, 2.05) is 0 Å². The zero-order valence-corrected chi connectivity index (χ0v) is 37.7. The van der Waals surface area contributed by atoms with Crippen molar-refractivity contribution >= 4 is 21.8 Å². The highest BCUT2D eigenvalue weighted by atomic mass is 19.4. The molecule has 2 aromatic heterocycles. The number of nitrogens with zero attached hydrogens (tertiary/aromatic N) is 4. The highest BCUT2D eigenvalue weighted by Gasteiger charge is 2.40. The number of halogens is 15. The average molecular weight is 1040 g/mol. The molecule has 0 bridgehead atoms. The van der Waals surface area contributed by atoms with E-state index in [9.17, 15) is 65.9 Å². The van der Waals surface area contributed by atoms with Crippen LogP contribution in [0.25, 0.3) is 95.0 Å². The molecule has 0 radical (unpaired) electrons. The quantitative estimate of drug-likeness (QED) is 0.149. The second kappa shape index (κ2) is 18.2. The second-order valence-corrected chi connectivity index (χ2v) is 17.2. The largest absolute Gasteiger partial charge is 0.417 e. The third-order valence-electron chi connectivity index (χ3n) is 12.4. The molecule has 10 rings (SSSR count). The summed E-state index contributed by atoms with van der Waals surface area (Å²) in [6.45, 7) is 0. The van der Waals surface area contributed by atoms with Gasteiger partial charge in [0.1, 0.15) is 0 Å². The van der Waals surface area contributed by atoms with Crippen molar-refractivity contribution in [2.45, 2.75) is 30.9 Å². The van der Waals surface area contributed by atoms with Crippen molar-refractivity contribution in [3.05, 3.63) is 204 Å². The summed E-state index contributed by atoms with van der Waals surface area (Å²) in [5, 5.41) is 0.519. The summed E-state index contributed by atoms with van der Waals surface area (Å²) in [5.41, 5.74) is -7.35. The van der Waals surface area contributed by atoms with Crippen LogP contribution in [-0.2, 0) is 30.9 Å². The van der Waals surface area contributed by atoms with Crippen LogP contribution in [0.4, 0.5) is 65.9 Å². The minimum Gasteiger partial charge on any atom is -0.309 e. The van der Waals surface area contributed by atoms with Gasteiger partial charge in [-0.1, -0.05) is 115 Å². The van der Waals surface area contributed by atoms with Gasteiger partial charge in [-0.05, 0) is 94.0 Å². The molecule has 378 valence electrons. The molecule has 0 unspecified atom stereocenters. The van der Waals surface area contributed by atoms with Crippen LogP contribution in [-0.4, -0.2) is 19.5 Å². The lowest BCUT2D eigenvalue weighted by Gasteiger charge is -2.18. The Balaban J connectivity index is 1.29. The Morgan fingerprint density at radius 1 is 0.280 bits per heavy atom. The number of aromatic nitrogens is 4. The van der Waals surface area contributed by atoms with E-state index in [-0.39, 0.29) is 84.9 Å². The lowest BCUT2D eigenvalue weighted by molar-refractivity contribution is -0.144. The summed E-state index contributed by atoms with van der Waals surface area (Å²) < 4.78 is 214. The molecule has 0 spiro atoms. The maximum absolute atomic E-state index is 14.7. The average Bonchev–Trinajstić information content (AvgIpc) is 3.72. The van der Waals surface area contributed by atoms with Crippen molar-refractivity contribution in [1.29, 1.82) is 0 Å². The van der Waals surface area contributed by atoms with Crippen LogP contribution in [0.1, 0.15) is 27.8 Å². The second-order valence-electron chi connectivity index (χ2n) is 17.2. The van der Waals surface area contributed by atoms with Crippen molar-refractivity contribution < 1.29 is 65.9 Å². The van der Waals surface area contributed by atoms with Crippen molar-refractivity contribution in [2.24, 2.45) is 0 Å². The fourth-order valence-electron chi connectivity index (χ4n) is 8.92. The monoisotopic (exact) mass is 1040 g/mol. The molecule has 0 saturated carbocycles. The van der Waals surface area contributed by atoms with Crippen LogP contribution in [0.2, 0.25) is 0 Å². The Kier molecular flexibility index (Phi) is 12.1. The zero-order valence-electron chi connectivity index (χ0n) is 37.7. The molecule has 0 saturated heterocycles. The predicted molar refractivity (Wildman–Crippen MR) is 252 cm³/mol. The van der Waals surface area contributed by atoms with Crippen molar-refractivity contribution in [2.75, 3.05) is 0 Å². The van der Waals surface area contributed by atoms with E-state index >= 15 is 0 Å². The molecule has 4 nitrogen and oxygen atoms in total. The standard InChI is InChI=1S/C56H29F15N4/c57-52(58,59)35-15-11-30(12-16-35)39-24-19-38(29-44(39)51-73-49(31-7-3-1-4-8-31)72-50(74-51)32-9-5-2-6-10-32)75-47-25-33(40-22-17-36(53(60,61)62)27-45(40)55(66,67)68)13-20-42(47)43-21-14-34(26-48(43)75)41-23-18-37(54(63,64)65)28-46(41)56(69,70)71/h1-29H. The van der Waals surface area contributed by atoms with Crippen LogP contribution in [0, 0.1) is 0 Å². The third kappa shape index (κ3) is 9.77. The van der Waals surface area contributed by atoms with Crippen LogP contribution in [0.15, 0.2) is 176 Å². The molecule has 0 aliphatic carbocycles. The first-order chi connectivity index (χ1) is 35.3. The fourth-order valence-corrected chi connectivity index (χ4v) is 8.92. The highest BCUT2D eigenvalue weighted by Crippen LogP contribution is 2.46. The summed E-state index contributed by atoms with van der Waals surface area (Å²) in [5.74, 6) is 0.271. The first kappa shape index (κ1) is 50.1. The van der Waals surface area contributed by atoms with E-state index in [1.54, 1.807) is 60.7 Å². The van der Waals surface area contributed by atoms with Gasteiger partial charge < -0.3 is 4.57 Å². The van der Waals surface area contributed by atoms with Crippen molar-refractivity contribution in [1.82, 2.24) is 19.5 Å². The SMILES string of the molecule is FC(F)(F)c1ccc(-c2ccc(-n3c4cc(-c5ccc(C(F)(F)F)cc5C(F)(F)F)ccc4c4ccc(-c5ccc(C(F)(F)F)cc5C(F)(F)F)cc43)cc2-c2nc(-c3ccccc3)nc(-c3ccccc3)n2)cc1. The molecular weight excluding hydrogens is 1010 g/mol. The topological polar surface area (TPSA) is 43.6 Å². The smallest absolute Gasteiger partial charge is 0.309 e. The Bertz CT molecular complexity index is 3610. The molecule has 0 atom stereocenters. The number of alkyl halides is 15. The molecule has 0 aliphatic rings. The number of benzene rings is 8. The van der Waals surface area contributed by atoms with E-state index in [2.05, 4.69) is 0 Å². The van der Waals surface area contributed by atoms with Gasteiger partial charge >= 0.3 is 30.9 Å². The molecule has 0 amide bonds. The Morgan fingerprint density at radius 3 is 1.08 bits per heavy atom. The van der Waals surface area contributed by atoms with Gasteiger partial charge in [-0.25, -0.2) is 15.0 Å². The maximum Gasteiger partial charge on any atom is 0.417 e. The van der Waals surface area contributed by atoms with E-state index in [4.69, 9.17) is 15.0 Å². The molecule has 75 heavy (non-hydrogen) atoms. The number of fused-ring (bicyclic) bond motifs is 3.